The fourth-order valence-electron chi connectivity index (χ4n) is 2.68. The van der Waals surface area contributed by atoms with E-state index >= 15 is 0 Å². The van der Waals surface area contributed by atoms with E-state index in [4.69, 9.17) is 0 Å². The first-order valence-corrected chi connectivity index (χ1v) is 9.58. The molecule has 0 radical (unpaired) electrons. The molecular formula is C21H27NOS. The summed E-state index contributed by atoms with van der Waals surface area (Å²) in [4.78, 5) is 13.6. The van der Waals surface area contributed by atoms with Crippen molar-refractivity contribution in [3.63, 3.8) is 0 Å². The predicted octanol–water partition coefficient (Wildman–Crippen LogP) is 6.05. The number of hydrogen-bond donors (Lipinski definition) is 1. The van der Waals surface area contributed by atoms with Crippen LogP contribution in [0.2, 0.25) is 0 Å². The molecule has 0 aliphatic heterocycles. The minimum atomic E-state index is 0.0911. The number of para-hydroxylation sites is 1. The highest BCUT2D eigenvalue weighted by atomic mass is 32.2. The first-order valence-electron chi connectivity index (χ1n) is 8.59. The van der Waals surface area contributed by atoms with E-state index in [9.17, 15) is 4.79 Å². The van der Waals surface area contributed by atoms with Gasteiger partial charge in [0.25, 0.3) is 0 Å². The summed E-state index contributed by atoms with van der Waals surface area (Å²) in [7, 11) is 0. The Labute approximate surface area is 150 Å². The van der Waals surface area contributed by atoms with Gasteiger partial charge >= 0.3 is 0 Å². The van der Waals surface area contributed by atoms with Crippen LogP contribution in [0.1, 0.15) is 57.1 Å². The molecule has 24 heavy (non-hydrogen) atoms. The molecule has 0 unspecified atom stereocenters. The minimum absolute atomic E-state index is 0.0911. The molecule has 2 rings (SSSR count). The fourth-order valence-corrected chi connectivity index (χ4v) is 3.55. The third-order valence-corrected chi connectivity index (χ3v) is 4.99. The molecule has 2 aromatic carbocycles. The van der Waals surface area contributed by atoms with E-state index in [1.54, 1.807) is 11.8 Å². The van der Waals surface area contributed by atoms with Crippen molar-refractivity contribution in [1.82, 2.24) is 0 Å². The smallest absolute Gasteiger partial charge is 0.225 e. The van der Waals surface area contributed by atoms with Crippen molar-refractivity contribution in [2.45, 2.75) is 50.8 Å². The van der Waals surface area contributed by atoms with Gasteiger partial charge in [-0.1, -0.05) is 64.1 Å². The lowest BCUT2D eigenvalue weighted by atomic mass is 9.92. The second-order valence-electron chi connectivity index (χ2n) is 6.58. The minimum Gasteiger partial charge on any atom is -0.326 e. The van der Waals surface area contributed by atoms with Crippen LogP contribution in [0.5, 0.6) is 0 Å². The Hall–Kier alpha value is -1.74. The van der Waals surface area contributed by atoms with E-state index in [1.165, 1.54) is 16.0 Å². The van der Waals surface area contributed by atoms with Crippen molar-refractivity contribution < 1.29 is 4.79 Å². The van der Waals surface area contributed by atoms with Crippen LogP contribution in [-0.2, 0) is 4.79 Å². The summed E-state index contributed by atoms with van der Waals surface area (Å²) in [5.74, 6) is 1.65. The summed E-state index contributed by atoms with van der Waals surface area (Å²) >= 11 is 1.72. The topological polar surface area (TPSA) is 29.1 Å². The predicted molar refractivity (Wildman–Crippen MR) is 105 cm³/mol. The Morgan fingerprint density at radius 1 is 0.917 bits per heavy atom. The molecule has 0 aromatic heterocycles. The molecule has 0 aliphatic carbocycles. The van der Waals surface area contributed by atoms with Gasteiger partial charge in [0.2, 0.25) is 5.91 Å². The highest BCUT2D eigenvalue weighted by Crippen LogP contribution is 2.32. The Balaban J connectivity index is 2.02. The number of rotatable bonds is 7. The zero-order chi connectivity index (χ0) is 17.5. The normalized spacial score (nSPS) is 11.1. The lowest BCUT2D eigenvalue weighted by Gasteiger charge is -2.20. The standard InChI is InChI=1S/C21H27NOS/c1-15(2)18-11-8-12-19(16(3)4)21(18)22-20(23)13-14-24-17-9-6-5-7-10-17/h5-12,15-16H,13-14H2,1-4H3,(H,22,23). The number of nitrogens with one attached hydrogen (secondary N) is 1. The highest BCUT2D eigenvalue weighted by Gasteiger charge is 2.15. The van der Waals surface area contributed by atoms with Gasteiger partial charge in [0.1, 0.15) is 0 Å². The Morgan fingerprint density at radius 3 is 2.04 bits per heavy atom. The average Bonchev–Trinajstić information content (AvgIpc) is 2.55. The SMILES string of the molecule is CC(C)c1cccc(C(C)C)c1NC(=O)CCSc1ccccc1. The van der Waals surface area contributed by atoms with Crippen LogP contribution in [0.15, 0.2) is 53.4 Å². The zero-order valence-electron chi connectivity index (χ0n) is 15.0. The molecule has 2 aromatic rings. The monoisotopic (exact) mass is 341 g/mol. The van der Waals surface area contributed by atoms with Gasteiger partial charge < -0.3 is 5.32 Å². The molecule has 0 saturated heterocycles. The lowest BCUT2D eigenvalue weighted by Crippen LogP contribution is -2.16. The van der Waals surface area contributed by atoms with Gasteiger partial charge in [-0.05, 0) is 35.1 Å². The summed E-state index contributed by atoms with van der Waals surface area (Å²) in [6.45, 7) is 8.67. The zero-order valence-corrected chi connectivity index (χ0v) is 15.8. The van der Waals surface area contributed by atoms with Gasteiger partial charge in [-0.25, -0.2) is 0 Å². The maximum Gasteiger partial charge on any atom is 0.225 e. The maximum atomic E-state index is 12.4. The number of anilines is 1. The fraction of sp³-hybridized carbons (Fsp3) is 0.381. The van der Waals surface area contributed by atoms with Gasteiger partial charge in [0.15, 0.2) is 0 Å². The number of hydrogen-bond acceptors (Lipinski definition) is 2. The van der Waals surface area contributed by atoms with Crippen LogP contribution in [-0.4, -0.2) is 11.7 Å². The molecule has 0 fully saturated rings. The summed E-state index contributed by atoms with van der Waals surface area (Å²) in [5, 5.41) is 3.18. The van der Waals surface area contributed by atoms with E-state index < -0.39 is 0 Å². The number of thioether (sulfide) groups is 1. The quantitative estimate of drug-likeness (QED) is 0.621. The molecule has 0 aliphatic rings. The molecular weight excluding hydrogens is 314 g/mol. The van der Waals surface area contributed by atoms with Crippen molar-refractivity contribution in [3.8, 4) is 0 Å². The molecule has 1 amide bonds. The van der Waals surface area contributed by atoms with Gasteiger partial charge in [-0.2, -0.15) is 0 Å². The molecule has 0 atom stereocenters. The number of benzene rings is 2. The van der Waals surface area contributed by atoms with Crippen LogP contribution in [0.4, 0.5) is 5.69 Å². The van der Waals surface area contributed by atoms with Gasteiger partial charge in [0.05, 0.1) is 0 Å². The van der Waals surface area contributed by atoms with Crippen LogP contribution < -0.4 is 5.32 Å². The highest BCUT2D eigenvalue weighted by molar-refractivity contribution is 7.99. The Kier molecular flexibility index (Phi) is 6.92. The number of carbonyl (C=O) groups is 1. The Bertz CT molecular complexity index is 639. The first-order chi connectivity index (χ1) is 11.5. The van der Waals surface area contributed by atoms with Crippen molar-refractivity contribution in [3.05, 3.63) is 59.7 Å². The van der Waals surface area contributed by atoms with Crippen molar-refractivity contribution in [2.75, 3.05) is 11.1 Å². The van der Waals surface area contributed by atoms with Crippen molar-refractivity contribution >= 4 is 23.4 Å². The largest absolute Gasteiger partial charge is 0.326 e. The third-order valence-electron chi connectivity index (χ3n) is 3.98. The maximum absolute atomic E-state index is 12.4. The molecule has 0 saturated carbocycles. The van der Waals surface area contributed by atoms with E-state index in [-0.39, 0.29) is 5.91 Å². The molecule has 0 spiro atoms. The van der Waals surface area contributed by atoms with E-state index in [0.717, 1.165) is 11.4 Å². The van der Waals surface area contributed by atoms with Crippen molar-refractivity contribution in [2.24, 2.45) is 0 Å². The summed E-state index contributed by atoms with van der Waals surface area (Å²) in [6, 6.07) is 16.5. The summed E-state index contributed by atoms with van der Waals surface area (Å²) in [6.07, 6.45) is 0.517. The average molecular weight is 342 g/mol. The lowest BCUT2D eigenvalue weighted by molar-refractivity contribution is -0.115. The van der Waals surface area contributed by atoms with Gasteiger partial charge in [0, 0.05) is 22.8 Å². The first kappa shape index (κ1) is 18.6. The number of amides is 1. The third kappa shape index (κ3) is 5.13. The van der Waals surface area contributed by atoms with E-state index in [0.29, 0.717) is 18.3 Å². The van der Waals surface area contributed by atoms with E-state index in [1.807, 2.05) is 18.2 Å². The van der Waals surface area contributed by atoms with Gasteiger partial charge in [-0.15, -0.1) is 11.8 Å². The van der Waals surface area contributed by atoms with Gasteiger partial charge in [-0.3, -0.25) is 4.79 Å². The molecule has 0 bridgehead atoms. The van der Waals surface area contributed by atoms with Crippen LogP contribution in [0.25, 0.3) is 0 Å². The number of carbonyl (C=O) groups excluding carboxylic acids is 1. The second kappa shape index (κ2) is 8.93. The Morgan fingerprint density at radius 2 is 1.50 bits per heavy atom. The van der Waals surface area contributed by atoms with Crippen molar-refractivity contribution in [1.29, 1.82) is 0 Å². The molecule has 0 heterocycles. The second-order valence-corrected chi connectivity index (χ2v) is 7.75. The summed E-state index contributed by atoms with van der Waals surface area (Å²) < 4.78 is 0. The van der Waals surface area contributed by atoms with E-state index in [2.05, 4.69) is 63.3 Å². The van der Waals surface area contributed by atoms with Crippen LogP contribution in [0, 0.1) is 0 Å². The molecule has 2 nitrogen and oxygen atoms in total. The van der Waals surface area contributed by atoms with Crippen LogP contribution in [0.3, 0.4) is 0 Å². The summed E-state index contributed by atoms with van der Waals surface area (Å²) in [5.41, 5.74) is 3.44. The van der Waals surface area contributed by atoms with Crippen LogP contribution >= 0.6 is 11.8 Å². The molecule has 1 N–H and O–H groups in total. The molecule has 3 heteroatoms. The molecule has 128 valence electrons.